The molecular formula is C18H15NOS2. The second-order valence-electron chi connectivity index (χ2n) is 4.81. The minimum atomic E-state index is 0.850. The van der Waals surface area contributed by atoms with E-state index in [1.807, 2.05) is 37.4 Å². The topological polar surface area (TPSA) is 25.2 Å². The molecule has 0 saturated carbocycles. The first-order chi connectivity index (χ1) is 10.7. The van der Waals surface area contributed by atoms with Crippen molar-refractivity contribution in [3.8, 4) is 0 Å². The number of nitrogens with one attached hydrogen (secondary N) is 1. The number of hydrogen-bond acceptors (Lipinski definition) is 4. The van der Waals surface area contributed by atoms with Crippen molar-refractivity contribution in [1.82, 2.24) is 5.32 Å². The van der Waals surface area contributed by atoms with Crippen LogP contribution in [0.4, 0.5) is 0 Å². The van der Waals surface area contributed by atoms with E-state index in [1.165, 1.54) is 11.8 Å². The molecule has 1 aromatic heterocycles. The van der Waals surface area contributed by atoms with Crippen LogP contribution in [0, 0.1) is 0 Å². The van der Waals surface area contributed by atoms with Gasteiger partial charge >= 0.3 is 0 Å². The van der Waals surface area contributed by atoms with Crippen LogP contribution >= 0.6 is 24.0 Å². The fourth-order valence-electron chi connectivity index (χ4n) is 2.35. The van der Waals surface area contributed by atoms with Gasteiger partial charge in [0.2, 0.25) is 0 Å². The van der Waals surface area contributed by atoms with E-state index in [-0.39, 0.29) is 0 Å². The van der Waals surface area contributed by atoms with E-state index in [1.54, 1.807) is 4.70 Å². The standard InChI is InChI=1S/C18H15NOS2/c1-12(19-2)18(22-11-21)10-13-7-8-17-15(9-13)14-5-3-4-6-16(14)20-17/h3-11,19H,1H2,2H3/b18-10-. The molecule has 2 aromatic carbocycles. The molecule has 0 bridgehead atoms. The molecule has 3 aromatic rings. The predicted molar refractivity (Wildman–Crippen MR) is 101 cm³/mol. The Labute approximate surface area is 138 Å². The Kier molecular flexibility index (Phi) is 4.32. The Morgan fingerprint density at radius 2 is 1.95 bits per heavy atom. The van der Waals surface area contributed by atoms with Crippen LogP contribution in [-0.2, 0) is 0 Å². The third-order valence-corrected chi connectivity index (χ3v) is 4.48. The second kappa shape index (κ2) is 6.38. The Balaban J connectivity index is 2.12. The molecule has 1 heterocycles. The maximum Gasteiger partial charge on any atom is 0.135 e. The lowest BCUT2D eigenvalue weighted by molar-refractivity contribution is 0.669. The van der Waals surface area contributed by atoms with Gasteiger partial charge in [0.1, 0.15) is 11.2 Å². The summed E-state index contributed by atoms with van der Waals surface area (Å²) in [6.45, 7) is 4.01. The van der Waals surface area contributed by atoms with Crippen LogP contribution in [0.15, 0.2) is 64.1 Å². The first-order valence-electron chi connectivity index (χ1n) is 6.83. The Bertz CT molecular complexity index is 892. The van der Waals surface area contributed by atoms with Crippen molar-refractivity contribution in [2.24, 2.45) is 0 Å². The average molecular weight is 325 g/mol. The van der Waals surface area contributed by atoms with Gasteiger partial charge in [-0.05, 0) is 29.8 Å². The van der Waals surface area contributed by atoms with E-state index in [0.29, 0.717) is 0 Å². The SMILES string of the molecule is C=C(NC)/C(=C/c1ccc2oc3ccccc3c2c1)SC=S. The summed E-state index contributed by atoms with van der Waals surface area (Å²) in [7, 11) is 1.85. The Morgan fingerprint density at radius 1 is 1.18 bits per heavy atom. The lowest BCUT2D eigenvalue weighted by atomic mass is 10.1. The van der Waals surface area contributed by atoms with E-state index in [4.69, 9.17) is 16.6 Å². The van der Waals surface area contributed by atoms with Gasteiger partial charge in [0.05, 0.1) is 0 Å². The summed E-state index contributed by atoms with van der Waals surface area (Å²) in [5, 5.41) is 5.31. The monoisotopic (exact) mass is 325 g/mol. The maximum atomic E-state index is 5.85. The lowest BCUT2D eigenvalue weighted by Crippen LogP contribution is -2.04. The molecule has 4 heteroatoms. The zero-order valence-corrected chi connectivity index (χ0v) is 13.8. The number of hydrogen-bond donors (Lipinski definition) is 1. The molecule has 0 spiro atoms. The second-order valence-corrected chi connectivity index (χ2v) is 6.25. The molecule has 0 aliphatic rings. The van der Waals surface area contributed by atoms with Crippen LogP contribution in [-0.4, -0.2) is 11.7 Å². The van der Waals surface area contributed by atoms with E-state index >= 15 is 0 Å². The van der Waals surface area contributed by atoms with Crippen molar-refractivity contribution in [3.05, 3.63) is 65.2 Å². The van der Waals surface area contributed by atoms with Gasteiger partial charge in [0.25, 0.3) is 0 Å². The van der Waals surface area contributed by atoms with Crippen LogP contribution in [0.3, 0.4) is 0 Å². The molecule has 0 aliphatic heterocycles. The van der Waals surface area contributed by atoms with Crippen molar-refractivity contribution in [2.75, 3.05) is 7.05 Å². The van der Waals surface area contributed by atoms with Crippen molar-refractivity contribution in [1.29, 1.82) is 0 Å². The molecule has 22 heavy (non-hydrogen) atoms. The number of benzene rings is 2. The van der Waals surface area contributed by atoms with E-state index in [9.17, 15) is 0 Å². The zero-order valence-electron chi connectivity index (χ0n) is 12.1. The van der Waals surface area contributed by atoms with Gasteiger partial charge in [-0.15, -0.1) is 0 Å². The number of thioether (sulfide) groups is 1. The van der Waals surface area contributed by atoms with Crippen molar-refractivity contribution in [2.45, 2.75) is 0 Å². The summed E-state index contributed by atoms with van der Waals surface area (Å²) in [6.07, 6.45) is 2.08. The number of furan rings is 1. The quantitative estimate of drug-likeness (QED) is 0.505. The summed E-state index contributed by atoms with van der Waals surface area (Å²) >= 11 is 6.43. The molecule has 0 saturated heterocycles. The van der Waals surface area contributed by atoms with Gasteiger partial charge in [0.15, 0.2) is 0 Å². The first kappa shape index (κ1) is 14.9. The van der Waals surface area contributed by atoms with E-state index < -0.39 is 0 Å². The van der Waals surface area contributed by atoms with Crippen LogP contribution in [0.5, 0.6) is 0 Å². The largest absolute Gasteiger partial charge is 0.456 e. The van der Waals surface area contributed by atoms with Gasteiger partial charge < -0.3 is 9.73 Å². The van der Waals surface area contributed by atoms with Crippen molar-refractivity contribution >= 4 is 56.7 Å². The minimum absolute atomic E-state index is 0.850. The highest BCUT2D eigenvalue weighted by Crippen LogP contribution is 2.30. The molecule has 0 aliphatic carbocycles. The summed E-state index contributed by atoms with van der Waals surface area (Å²) in [5.41, 5.74) is 3.75. The molecule has 0 fully saturated rings. The predicted octanol–water partition coefficient (Wildman–Crippen LogP) is 5.35. The smallest absolute Gasteiger partial charge is 0.135 e. The van der Waals surface area contributed by atoms with Gasteiger partial charge in [-0.25, -0.2) is 0 Å². The molecule has 2 nitrogen and oxygen atoms in total. The fraction of sp³-hybridized carbons (Fsp3) is 0.0556. The van der Waals surface area contributed by atoms with Crippen LogP contribution in [0.25, 0.3) is 28.0 Å². The number of fused-ring (bicyclic) bond motifs is 3. The highest BCUT2D eigenvalue weighted by Gasteiger charge is 2.07. The first-order valence-corrected chi connectivity index (χ1v) is 8.18. The average Bonchev–Trinajstić information content (AvgIpc) is 2.92. The zero-order chi connectivity index (χ0) is 15.5. The molecule has 0 amide bonds. The minimum Gasteiger partial charge on any atom is -0.456 e. The van der Waals surface area contributed by atoms with Gasteiger partial charge in [0, 0.05) is 33.1 Å². The number of rotatable bonds is 5. The van der Waals surface area contributed by atoms with Crippen molar-refractivity contribution in [3.63, 3.8) is 0 Å². The van der Waals surface area contributed by atoms with E-state index in [2.05, 4.69) is 30.1 Å². The molecule has 0 unspecified atom stereocenters. The van der Waals surface area contributed by atoms with Gasteiger partial charge in [-0.3, -0.25) is 0 Å². The molecule has 1 N–H and O–H groups in total. The van der Waals surface area contributed by atoms with Crippen molar-refractivity contribution < 1.29 is 4.42 Å². The summed E-state index contributed by atoms with van der Waals surface area (Å²) < 4.78 is 7.49. The fourth-order valence-corrected chi connectivity index (χ4v) is 3.22. The maximum absolute atomic E-state index is 5.85. The highest BCUT2D eigenvalue weighted by molar-refractivity contribution is 8.23. The molecule has 0 atom stereocenters. The third-order valence-electron chi connectivity index (χ3n) is 3.47. The molecular weight excluding hydrogens is 310 g/mol. The van der Waals surface area contributed by atoms with Gasteiger partial charge in [-0.2, -0.15) is 0 Å². The summed E-state index contributed by atoms with van der Waals surface area (Å²) in [4.78, 5) is 1.00. The Hall–Kier alpha value is -2.04. The van der Waals surface area contributed by atoms with Crippen LogP contribution in [0.1, 0.15) is 5.56 Å². The summed E-state index contributed by atoms with van der Waals surface area (Å²) in [6, 6.07) is 14.2. The Morgan fingerprint density at radius 3 is 2.73 bits per heavy atom. The molecule has 3 rings (SSSR count). The lowest BCUT2D eigenvalue weighted by Gasteiger charge is -2.07. The van der Waals surface area contributed by atoms with Crippen LogP contribution in [0.2, 0.25) is 0 Å². The third kappa shape index (κ3) is 2.80. The number of thiocarbonyl (C=S) groups is 1. The summed E-state index contributed by atoms with van der Waals surface area (Å²) in [5.74, 6) is 0. The highest BCUT2D eigenvalue weighted by atomic mass is 32.2. The number of para-hydroxylation sites is 1. The van der Waals surface area contributed by atoms with E-state index in [0.717, 1.165) is 38.1 Å². The molecule has 0 radical (unpaired) electrons. The molecule has 110 valence electrons. The number of likely N-dealkylation sites (N-methyl/N-ethyl adjacent to an activating group) is 1. The van der Waals surface area contributed by atoms with Crippen LogP contribution < -0.4 is 5.32 Å². The normalized spacial score (nSPS) is 11.8. The van der Waals surface area contributed by atoms with Gasteiger partial charge in [-0.1, -0.05) is 54.8 Å².